The molecule has 1 aromatic carbocycles. The maximum atomic E-state index is 6.39. The highest BCUT2D eigenvalue weighted by Gasteiger charge is 2.26. The Morgan fingerprint density at radius 3 is 2.83 bits per heavy atom. The summed E-state index contributed by atoms with van der Waals surface area (Å²) < 4.78 is 21.7. The summed E-state index contributed by atoms with van der Waals surface area (Å²) in [6, 6.07) is 3.66. The largest absolute Gasteiger partial charge is 0.493 e. The lowest BCUT2D eigenvalue weighted by atomic mass is 10.1. The summed E-state index contributed by atoms with van der Waals surface area (Å²) >= 11 is 6.39. The highest BCUT2D eigenvalue weighted by atomic mass is 35.5. The van der Waals surface area contributed by atoms with Gasteiger partial charge in [-0.05, 0) is 18.6 Å². The number of aromatic nitrogens is 2. The van der Waals surface area contributed by atoms with Crippen LogP contribution in [0.4, 0.5) is 0 Å². The van der Waals surface area contributed by atoms with Gasteiger partial charge in [-0.1, -0.05) is 22.8 Å². The Bertz CT molecular complexity index is 707. The number of benzene rings is 1. The molecule has 2 aromatic rings. The van der Waals surface area contributed by atoms with Crippen molar-refractivity contribution < 1.29 is 18.7 Å². The first-order valence-electron chi connectivity index (χ1n) is 7.70. The molecule has 1 fully saturated rings. The fourth-order valence-corrected chi connectivity index (χ4v) is 2.95. The average Bonchev–Trinajstić information content (AvgIpc) is 3.05. The van der Waals surface area contributed by atoms with Gasteiger partial charge in [0, 0.05) is 19.5 Å². The molecule has 24 heavy (non-hydrogen) atoms. The lowest BCUT2D eigenvalue weighted by molar-refractivity contribution is -0.0438. The van der Waals surface area contributed by atoms with E-state index in [4.69, 9.17) is 30.3 Å². The lowest BCUT2D eigenvalue weighted by Crippen LogP contribution is -2.39. The molecule has 8 heteroatoms. The minimum Gasteiger partial charge on any atom is -0.493 e. The Kier molecular flexibility index (Phi) is 5.23. The van der Waals surface area contributed by atoms with Crippen LogP contribution in [0.2, 0.25) is 5.02 Å². The molecule has 0 aliphatic carbocycles. The molecule has 0 saturated carbocycles. The number of ether oxygens (including phenoxy) is 3. The van der Waals surface area contributed by atoms with Crippen LogP contribution >= 0.6 is 11.6 Å². The number of nitrogens with one attached hydrogen (secondary N) is 1. The van der Waals surface area contributed by atoms with Gasteiger partial charge in [-0.2, -0.15) is 4.98 Å². The highest BCUT2D eigenvalue weighted by molar-refractivity contribution is 6.33. The van der Waals surface area contributed by atoms with E-state index in [1.807, 2.05) is 13.0 Å². The van der Waals surface area contributed by atoms with Crippen LogP contribution in [-0.4, -0.2) is 43.6 Å². The first-order valence-corrected chi connectivity index (χ1v) is 8.08. The van der Waals surface area contributed by atoms with Crippen molar-refractivity contribution in [2.45, 2.75) is 25.6 Å². The standard InChI is InChI=1S/C16H20ClN3O4/c1-9-7-18-8-12(23-9)16-19-13(20-24-16)6-10-4-5-11(21-2)15(22-3)14(10)17/h4-5,9,12,18H,6-8H2,1-3H3/t9-,12-/m1/s1. The fraction of sp³-hybridized carbons (Fsp3) is 0.500. The van der Waals surface area contributed by atoms with Crippen LogP contribution < -0.4 is 14.8 Å². The second kappa shape index (κ2) is 7.38. The van der Waals surface area contributed by atoms with E-state index in [1.165, 1.54) is 0 Å². The smallest absolute Gasteiger partial charge is 0.257 e. The zero-order chi connectivity index (χ0) is 17.1. The van der Waals surface area contributed by atoms with Crippen molar-refractivity contribution in [2.24, 2.45) is 0 Å². The summed E-state index contributed by atoms with van der Waals surface area (Å²) in [4.78, 5) is 4.43. The van der Waals surface area contributed by atoms with E-state index in [0.29, 0.717) is 41.2 Å². The summed E-state index contributed by atoms with van der Waals surface area (Å²) in [5, 5.41) is 7.78. The Morgan fingerprint density at radius 2 is 2.12 bits per heavy atom. The molecule has 1 aliphatic heterocycles. The molecule has 3 rings (SSSR count). The van der Waals surface area contributed by atoms with Crippen LogP contribution in [0.3, 0.4) is 0 Å². The molecule has 7 nitrogen and oxygen atoms in total. The Balaban J connectivity index is 1.77. The maximum absolute atomic E-state index is 6.39. The van der Waals surface area contributed by atoms with Gasteiger partial charge in [0.15, 0.2) is 17.3 Å². The van der Waals surface area contributed by atoms with Crippen molar-refractivity contribution in [3.05, 3.63) is 34.4 Å². The van der Waals surface area contributed by atoms with Gasteiger partial charge in [-0.15, -0.1) is 0 Å². The molecule has 1 N–H and O–H groups in total. The zero-order valence-electron chi connectivity index (χ0n) is 13.8. The van der Waals surface area contributed by atoms with Gasteiger partial charge in [0.2, 0.25) is 0 Å². The number of hydrogen-bond donors (Lipinski definition) is 1. The molecular formula is C16H20ClN3O4. The van der Waals surface area contributed by atoms with Crippen molar-refractivity contribution in [3.63, 3.8) is 0 Å². The van der Waals surface area contributed by atoms with E-state index >= 15 is 0 Å². The van der Waals surface area contributed by atoms with Gasteiger partial charge in [0.25, 0.3) is 5.89 Å². The number of morpholine rings is 1. The number of methoxy groups -OCH3 is 2. The fourth-order valence-electron chi connectivity index (χ4n) is 2.65. The quantitative estimate of drug-likeness (QED) is 0.884. The van der Waals surface area contributed by atoms with Crippen LogP contribution in [0.25, 0.3) is 0 Å². The summed E-state index contributed by atoms with van der Waals surface area (Å²) in [7, 11) is 3.12. The van der Waals surface area contributed by atoms with Gasteiger partial charge < -0.3 is 24.1 Å². The number of hydrogen-bond acceptors (Lipinski definition) is 7. The van der Waals surface area contributed by atoms with Crippen LogP contribution in [0, 0.1) is 0 Å². The first-order chi connectivity index (χ1) is 11.6. The summed E-state index contributed by atoms with van der Waals surface area (Å²) in [6.07, 6.45) is 0.313. The van der Waals surface area contributed by atoms with Crippen molar-refractivity contribution >= 4 is 11.6 Å². The van der Waals surface area contributed by atoms with Gasteiger partial charge in [-0.3, -0.25) is 0 Å². The summed E-state index contributed by atoms with van der Waals surface area (Å²) in [6.45, 7) is 3.47. The predicted molar refractivity (Wildman–Crippen MR) is 87.8 cm³/mol. The van der Waals surface area contributed by atoms with E-state index < -0.39 is 0 Å². The third-order valence-electron chi connectivity index (χ3n) is 3.83. The van der Waals surface area contributed by atoms with Gasteiger partial charge in [-0.25, -0.2) is 0 Å². The normalized spacial score (nSPS) is 20.8. The van der Waals surface area contributed by atoms with Crippen molar-refractivity contribution in [1.29, 1.82) is 0 Å². The van der Waals surface area contributed by atoms with E-state index in [-0.39, 0.29) is 12.2 Å². The molecule has 0 spiro atoms. The third kappa shape index (κ3) is 3.48. The second-order valence-electron chi connectivity index (χ2n) is 5.59. The number of nitrogens with zero attached hydrogens (tertiary/aromatic N) is 2. The molecule has 0 amide bonds. The SMILES string of the molecule is COc1ccc(Cc2noc([C@H]3CNC[C@@H](C)O3)n2)c(Cl)c1OC. The Morgan fingerprint density at radius 1 is 1.29 bits per heavy atom. The number of halogens is 1. The first kappa shape index (κ1) is 17.0. The highest BCUT2D eigenvalue weighted by Crippen LogP contribution is 2.37. The molecule has 0 bridgehead atoms. The lowest BCUT2D eigenvalue weighted by Gasteiger charge is -2.25. The minimum absolute atomic E-state index is 0.111. The van der Waals surface area contributed by atoms with Crippen molar-refractivity contribution in [1.82, 2.24) is 15.5 Å². The Labute approximate surface area is 145 Å². The second-order valence-corrected chi connectivity index (χ2v) is 5.97. The van der Waals surface area contributed by atoms with E-state index in [1.54, 1.807) is 20.3 Å². The van der Waals surface area contributed by atoms with E-state index in [9.17, 15) is 0 Å². The van der Waals surface area contributed by atoms with Gasteiger partial charge >= 0.3 is 0 Å². The van der Waals surface area contributed by atoms with Crippen molar-refractivity contribution in [3.8, 4) is 11.5 Å². The third-order valence-corrected chi connectivity index (χ3v) is 4.25. The molecule has 0 unspecified atom stereocenters. The molecular weight excluding hydrogens is 334 g/mol. The van der Waals surface area contributed by atoms with E-state index in [2.05, 4.69) is 15.5 Å². The summed E-state index contributed by atoms with van der Waals surface area (Å²) in [5.41, 5.74) is 0.831. The minimum atomic E-state index is -0.226. The molecule has 2 heterocycles. The topological polar surface area (TPSA) is 78.6 Å². The molecule has 0 radical (unpaired) electrons. The monoisotopic (exact) mass is 353 g/mol. The van der Waals surface area contributed by atoms with Crippen LogP contribution in [0.5, 0.6) is 11.5 Å². The predicted octanol–water partition coefficient (Wildman–Crippen LogP) is 2.38. The van der Waals surface area contributed by atoms with Gasteiger partial charge in [0.1, 0.15) is 6.10 Å². The molecule has 2 atom stereocenters. The van der Waals surface area contributed by atoms with Crippen LogP contribution in [-0.2, 0) is 11.2 Å². The van der Waals surface area contributed by atoms with Gasteiger partial charge in [0.05, 0.1) is 25.3 Å². The van der Waals surface area contributed by atoms with Crippen LogP contribution in [0.15, 0.2) is 16.7 Å². The number of rotatable bonds is 5. The maximum Gasteiger partial charge on any atom is 0.257 e. The molecule has 1 saturated heterocycles. The van der Waals surface area contributed by atoms with Crippen molar-refractivity contribution in [2.75, 3.05) is 27.3 Å². The Hall–Kier alpha value is -1.83. The molecule has 1 aliphatic rings. The van der Waals surface area contributed by atoms with Crippen LogP contribution in [0.1, 0.15) is 30.3 Å². The van der Waals surface area contributed by atoms with E-state index in [0.717, 1.165) is 12.1 Å². The molecule has 1 aromatic heterocycles. The zero-order valence-corrected chi connectivity index (χ0v) is 14.6. The average molecular weight is 354 g/mol. The molecule has 130 valence electrons. The summed E-state index contributed by atoms with van der Waals surface area (Å²) in [5.74, 6) is 2.09.